The predicted molar refractivity (Wildman–Crippen MR) is 165 cm³/mol. The van der Waals surface area contributed by atoms with Crippen molar-refractivity contribution in [1.82, 2.24) is 0 Å². The molecular weight excluding hydrogens is 480 g/mol. The van der Waals surface area contributed by atoms with Gasteiger partial charge in [0.2, 0.25) is 0 Å². The predicted octanol–water partition coefficient (Wildman–Crippen LogP) is 9.50. The highest BCUT2D eigenvalue weighted by atomic mass is 16.1. The van der Waals surface area contributed by atoms with E-state index < -0.39 is 0 Å². The molecule has 1 aliphatic rings. The van der Waals surface area contributed by atoms with E-state index in [0.29, 0.717) is 6.42 Å². The Morgan fingerprint density at radius 1 is 0.949 bits per heavy atom. The summed E-state index contributed by atoms with van der Waals surface area (Å²) in [5, 5.41) is 0. The van der Waals surface area contributed by atoms with Gasteiger partial charge in [0.15, 0.2) is 5.78 Å². The van der Waals surface area contributed by atoms with Gasteiger partial charge >= 0.3 is 0 Å². The first-order chi connectivity index (χ1) is 18.4. The topological polar surface area (TPSA) is 51.2 Å². The van der Waals surface area contributed by atoms with Crippen molar-refractivity contribution in [1.29, 1.82) is 0 Å². The first-order valence-electron chi connectivity index (χ1n) is 15.2. The Kier molecular flexibility index (Phi) is 12.3. The first-order valence-corrected chi connectivity index (χ1v) is 15.2. The quantitative estimate of drug-likeness (QED) is 0.286. The van der Waals surface area contributed by atoms with E-state index in [9.17, 15) is 14.4 Å². The second-order valence-electron chi connectivity index (χ2n) is 12.7. The van der Waals surface area contributed by atoms with Gasteiger partial charge in [0.25, 0.3) is 0 Å². The summed E-state index contributed by atoms with van der Waals surface area (Å²) < 4.78 is 0. The van der Waals surface area contributed by atoms with Crippen molar-refractivity contribution in [3.05, 3.63) is 58.7 Å². The lowest BCUT2D eigenvalue weighted by Crippen LogP contribution is -2.30. The molecule has 3 nitrogen and oxygen atoms in total. The van der Waals surface area contributed by atoms with Crippen molar-refractivity contribution in [2.45, 2.75) is 119 Å². The van der Waals surface area contributed by atoms with Gasteiger partial charge < -0.3 is 0 Å². The highest BCUT2D eigenvalue weighted by Gasteiger charge is 2.34. The average molecular weight is 533 g/mol. The monoisotopic (exact) mass is 532 g/mol. The third-order valence-electron chi connectivity index (χ3n) is 7.97. The van der Waals surface area contributed by atoms with Crippen molar-refractivity contribution in [2.75, 3.05) is 0 Å². The summed E-state index contributed by atoms with van der Waals surface area (Å²) in [4.78, 5) is 38.0. The summed E-state index contributed by atoms with van der Waals surface area (Å²) in [6.07, 6.45) is 6.23. The van der Waals surface area contributed by atoms with Gasteiger partial charge in [-0.15, -0.1) is 0 Å². The number of carbonyl (C=O) groups excluding carboxylic acids is 3. The maximum absolute atomic E-state index is 13.4. The molecule has 0 amide bonds. The van der Waals surface area contributed by atoms with Crippen molar-refractivity contribution < 1.29 is 14.4 Å². The van der Waals surface area contributed by atoms with E-state index in [4.69, 9.17) is 0 Å². The molecule has 0 saturated carbocycles. The van der Waals surface area contributed by atoms with E-state index in [2.05, 4.69) is 84.9 Å². The second kappa shape index (κ2) is 14.7. The Balaban J connectivity index is 0.00000170. The fourth-order valence-corrected chi connectivity index (χ4v) is 6.16. The summed E-state index contributed by atoms with van der Waals surface area (Å²) in [5.41, 5.74) is 6.81. The smallest absolute Gasteiger partial charge is 0.163 e. The van der Waals surface area contributed by atoms with Crippen LogP contribution >= 0.6 is 0 Å². The molecule has 1 aliphatic carbocycles. The lowest BCUT2D eigenvalue weighted by atomic mass is 9.71. The number of benzene rings is 2. The van der Waals surface area contributed by atoms with Gasteiger partial charge in [-0.25, -0.2) is 0 Å². The van der Waals surface area contributed by atoms with Crippen LogP contribution in [0.2, 0.25) is 0 Å². The molecule has 0 aromatic heterocycles. The van der Waals surface area contributed by atoms with Gasteiger partial charge in [-0.1, -0.05) is 104 Å². The highest BCUT2D eigenvalue weighted by molar-refractivity contribution is 6.02. The molecule has 2 aromatic carbocycles. The van der Waals surface area contributed by atoms with E-state index in [-0.39, 0.29) is 46.9 Å². The number of Topliss-reactive ketones (excluding diaryl/α,β-unsaturated/α-hetero) is 3. The fourth-order valence-electron chi connectivity index (χ4n) is 6.16. The van der Waals surface area contributed by atoms with Gasteiger partial charge in [0, 0.05) is 17.9 Å². The van der Waals surface area contributed by atoms with Crippen LogP contribution in [0, 0.1) is 24.7 Å². The third kappa shape index (κ3) is 8.72. The van der Waals surface area contributed by atoms with Crippen molar-refractivity contribution in [3.63, 3.8) is 0 Å². The summed E-state index contributed by atoms with van der Waals surface area (Å²) in [6.45, 7) is 18.6. The molecule has 0 bridgehead atoms. The molecular formula is C36H52O3. The summed E-state index contributed by atoms with van der Waals surface area (Å²) >= 11 is 0. The minimum atomic E-state index is -0.104. The Hall–Kier alpha value is -2.55. The van der Waals surface area contributed by atoms with Crippen LogP contribution in [0.25, 0.3) is 11.1 Å². The molecule has 0 heterocycles. The molecule has 0 N–H and O–H groups in total. The van der Waals surface area contributed by atoms with Gasteiger partial charge in [-0.3, -0.25) is 14.4 Å². The van der Waals surface area contributed by atoms with E-state index in [1.807, 2.05) is 6.92 Å². The van der Waals surface area contributed by atoms with Crippen molar-refractivity contribution in [3.8, 4) is 11.1 Å². The molecule has 3 rings (SSSR count). The second-order valence-corrected chi connectivity index (χ2v) is 12.7. The van der Waals surface area contributed by atoms with Crippen LogP contribution in [0.3, 0.4) is 0 Å². The van der Waals surface area contributed by atoms with Gasteiger partial charge in [0.05, 0.1) is 6.42 Å². The Bertz CT molecular complexity index is 1120. The lowest BCUT2D eigenvalue weighted by molar-refractivity contribution is -0.129. The van der Waals surface area contributed by atoms with Gasteiger partial charge in [-0.2, -0.15) is 0 Å². The molecule has 0 fully saturated rings. The fraction of sp³-hybridized carbons (Fsp3) is 0.583. The van der Waals surface area contributed by atoms with Crippen LogP contribution in [0.4, 0.5) is 0 Å². The normalized spacial score (nSPS) is 16.5. The van der Waals surface area contributed by atoms with Crippen molar-refractivity contribution >= 4 is 17.3 Å². The molecule has 3 atom stereocenters. The Morgan fingerprint density at radius 2 is 1.56 bits per heavy atom. The van der Waals surface area contributed by atoms with E-state index >= 15 is 0 Å². The minimum Gasteiger partial charge on any atom is -0.300 e. The summed E-state index contributed by atoms with van der Waals surface area (Å²) in [6, 6.07) is 13.0. The average Bonchev–Trinajstić information content (AvgIpc) is 2.84. The molecule has 3 unspecified atom stereocenters. The zero-order valence-corrected chi connectivity index (χ0v) is 26.1. The minimum absolute atomic E-state index is 0.0268. The number of rotatable bonds is 10. The lowest BCUT2D eigenvalue weighted by Gasteiger charge is -2.32. The SMILES string of the molecule is CCC.CCCC(CC1CC(=O)c2c(C)ccc(-c3ccc(C(C)(C)C)cc3)c2C1)C(CC)C(=O)CC(C)=O. The molecule has 0 radical (unpaired) electrons. The molecule has 214 valence electrons. The van der Waals surface area contributed by atoms with Gasteiger partial charge in [-0.05, 0) is 78.2 Å². The maximum atomic E-state index is 13.4. The number of ketones is 3. The first kappa shape index (κ1) is 32.7. The van der Waals surface area contributed by atoms with Crippen LogP contribution in [-0.4, -0.2) is 17.3 Å². The molecule has 0 aliphatic heterocycles. The van der Waals surface area contributed by atoms with Crippen LogP contribution in [0.5, 0.6) is 0 Å². The van der Waals surface area contributed by atoms with Crippen LogP contribution in [0.1, 0.15) is 127 Å². The number of carbonyl (C=O) groups is 3. The van der Waals surface area contributed by atoms with Crippen LogP contribution < -0.4 is 0 Å². The van der Waals surface area contributed by atoms with Gasteiger partial charge in [0.1, 0.15) is 11.6 Å². The Labute approximate surface area is 238 Å². The van der Waals surface area contributed by atoms with E-state index in [1.54, 1.807) is 0 Å². The van der Waals surface area contributed by atoms with E-state index in [0.717, 1.165) is 59.9 Å². The van der Waals surface area contributed by atoms with Crippen LogP contribution in [0.15, 0.2) is 36.4 Å². The Morgan fingerprint density at radius 3 is 2.08 bits per heavy atom. The van der Waals surface area contributed by atoms with E-state index in [1.165, 1.54) is 18.9 Å². The molecule has 2 aromatic rings. The molecule has 39 heavy (non-hydrogen) atoms. The van der Waals surface area contributed by atoms with Crippen LogP contribution in [-0.2, 0) is 21.4 Å². The zero-order valence-electron chi connectivity index (χ0n) is 26.1. The molecule has 0 spiro atoms. The summed E-state index contributed by atoms with van der Waals surface area (Å²) in [7, 11) is 0. The zero-order chi connectivity index (χ0) is 29.3. The number of fused-ring (bicyclic) bond motifs is 1. The number of aryl methyl sites for hydroxylation is 1. The number of hydrogen-bond acceptors (Lipinski definition) is 3. The molecule has 0 saturated heterocycles. The molecule has 3 heteroatoms. The van der Waals surface area contributed by atoms with Crippen molar-refractivity contribution in [2.24, 2.45) is 17.8 Å². The number of hydrogen-bond donors (Lipinski definition) is 0. The standard InChI is InChI=1S/C33H44O3.C3H8/c1-8-10-25(27(9-2)30(35)17-22(4)34)18-23-19-29-28(16-11-21(3)32(29)31(36)20-23)24-12-14-26(15-13-24)33(5,6)7;1-3-2/h11-16,23,25,27H,8-10,17-20H2,1-7H3;3H2,1-2H3. The largest absolute Gasteiger partial charge is 0.300 e. The highest BCUT2D eigenvalue weighted by Crippen LogP contribution is 2.40. The maximum Gasteiger partial charge on any atom is 0.163 e. The third-order valence-corrected chi connectivity index (χ3v) is 7.97. The summed E-state index contributed by atoms with van der Waals surface area (Å²) in [5.74, 6) is 0.563.